The maximum atomic E-state index is 12.4. The molecule has 1 aromatic rings. The number of aromatic nitrogens is 2. The van der Waals surface area contributed by atoms with Crippen molar-refractivity contribution in [1.29, 1.82) is 0 Å². The molecular formula is C22H32N2O2. The fourth-order valence-electron chi connectivity index (χ4n) is 7.98. The summed E-state index contributed by atoms with van der Waals surface area (Å²) in [5.41, 5.74) is 0.549. The van der Waals surface area contributed by atoms with Crippen molar-refractivity contribution in [3.8, 4) is 0 Å². The number of carbonyl (C=O) groups excluding carboxylic acids is 1. The second-order valence-electron chi connectivity index (χ2n) is 9.92. The van der Waals surface area contributed by atoms with Crippen LogP contribution in [0, 0.1) is 34.5 Å². The van der Waals surface area contributed by atoms with E-state index in [-0.39, 0.29) is 17.3 Å². The predicted molar refractivity (Wildman–Crippen MR) is 99.5 cm³/mol. The topological polar surface area (TPSA) is 44.1 Å². The third-order valence-electron chi connectivity index (χ3n) is 9.28. The molecule has 142 valence electrons. The second kappa shape index (κ2) is 5.59. The van der Waals surface area contributed by atoms with Crippen LogP contribution >= 0.6 is 0 Å². The molecule has 4 heteroatoms. The summed E-state index contributed by atoms with van der Waals surface area (Å²) >= 11 is 0. The lowest BCUT2D eigenvalue weighted by atomic mass is 9.47. The highest BCUT2D eigenvalue weighted by Crippen LogP contribution is 2.67. The van der Waals surface area contributed by atoms with Gasteiger partial charge in [-0.3, -0.25) is 4.79 Å². The van der Waals surface area contributed by atoms with E-state index in [1.165, 1.54) is 44.3 Å². The smallest absolute Gasteiger partial charge is 0.309 e. The monoisotopic (exact) mass is 356 g/mol. The van der Waals surface area contributed by atoms with Crippen molar-refractivity contribution in [2.75, 3.05) is 7.11 Å². The molecule has 0 spiro atoms. The zero-order chi connectivity index (χ0) is 18.1. The summed E-state index contributed by atoms with van der Waals surface area (Å²) in [6, 6.07) is 0.622. The highest BCUT2D eigenvalue weighted by Gasteiger charge is 2.61. The molecule has 4 aliphatic rings. The molecule has 26 heavy (non-hydrogen) atoms. The Morgan fingerprint density at radius 1 is 1.12 bits per heavy atom. The number of carbonyl (C=O) groups is 1. The quantitative estimate of drug-likeness (QED) is 0.701. The summed E-state index contributed by atoms with van der Waals surface area (Å²) in [4.78, 5) is 17.0. The zero-order valence-corrected chi connectivity index (χ0v) is 16.4. The van der Waals surface area contributed by atoms with Gasteiger partial charge in [-0.25, -0.2) is 4.98 Å². The molecule has 2 heterocycles. The SMILES string of the molecule is COC(=O)[C@H]1CCC2C3CCC4n5ccnc5CC[C@]4(C)C3CC[C@@]21C. The number of ether oxygens (including phenoxy) is 1. The minimum Gasteiger partial charge on any atom is -0.469 e. The molecule has 5 rings (SSSR count). The van der Waals surface area contributed by atoms with Gasteiger partial charge in [-0.05, 0) is 73.5 Å². The molecule has 0 aromatic carbocycles. The van der Waals surface area contributed by atoms with Crippen molar-refractivity contribution < 1.29 is 9.53 Å². The minimum atomic E-state index is 0.0362. The third-order valence-corrected chi connectivity index (χ3v) is 9.28. The van der Waals surface area contributed by atoms with E-state index in [0.717, 1.165) is 24.7 Å². The molecule has 0 N–H and O–H groups in total. The fourth-order valence-corrected chi connectivity index (χ4v) is 7.98. The highest BCUT2D eigenvalue weighted by molar-refractivity contribution is 5.73. The summed E-state index contributed by atoms with van der Waals surface area (Å²) in [5.74, 6) is 3.73. The van der Waals surface area contributed by atoms with Crippen LogP contribution in [0.1, 0.15) is 70.7 Å². The van der Waals surface area contributed by atoms with Gasteiger partial charge in [-0.1, -0.05) is 13.8 Å². The number of hydrogen-bond acceptors (Lipinski definition) is 3. The molecular weight excluding hydrogens is 324 g/mol. The van der Waals surface area contributed by atoms with E-state index in [4.69, 9.17) is 4.74 Å². The molecule has 4 nitrogen and oxygen atoms in total. The van der Waals surface area contributed by atoms with E-state index in [0.29, 0.717) is 17.4 Å². The largest absolute Gasteiger partial charge is 0.469 e. The maximum absolute atomic E-state index is 12.4. The van der Waals surface area contributed by atoms with Crippen molar-refractivity contribution in [3.05, 3.63) is 18.2 Å². The van der Waals surface area contributed by atoms with Gasteiger partial charge in [-0.2, -0.15) is 0 Å². The molecule has 1 aromatic heterocycles. The van der Waals surface area contributed by atoms with Gasteiger partial charge in [0.2, 0.25) is 0 Å². The normalized spacial score (nSPS) is 46.7. The van der Waals surface area contributed by atoms with E-state index in [1.54, 1.807) is 7.11 Å². The highest BCUT2D eigenvalue weighted by atomic mass is 16.5. The Kier molecular flexibility index (Phi) is 3.62. The van der Waals surface area contributed by atoms with Gasteiger partial charge in [0.25, 0.3) is 0 Å². The lowest BCUT2D eigenvalue weighted by Crippen LogP contribution is -2.54. The fraction of sp³-hybridized carbons (Fsp3) is 0.818. The Balaban J connectivity index is 1.47. The summed E-state index contributed by atoms with van der Waals surface area (Å²) in [5, 5.41) is 0. The van der Waals surface area contributed by atoms with Crippen LogP contribution < -0.4 is 0 Å². The van der Waals surface area contributed by atoms with Gasteiger partial charge in [0, 0.05) is 24.9 Å². The van der Waals surface area contributed by atoms with Gasteiger partial charge >= 0.3 is 5.97 Å². The first kappa shape index (κ1) is 16.8. The molecule has 3 fully saturated rings. The van der Waals surface area contributed by atoms with Gasteiger partial charge in [0.1, 0.15) is 5.82 Å². The number of nitrogens with zero attached hydrogens (tertiary/aromatic N) is 2. The zero-order valence-electron chi connectivity index (χ0n) is 16.4. The van der Waals surface area contributed by atoms with E-state index >= 15 is 0 Å². The van der Waals surface area contributed by atoms with Crippen LogP contribution in [0.3, 0.4) is 0 Å². The number of rotatable bonds is 1. The number of methoxy groups -OCH3 is 1. The van der Waals surface area contributed by atoms with Crippen molar-refractivity contribution in [2.45, 2.75) is 71.3 Å². The number of imidazole rings is 1. The van der Waals surface area contributed by atoms with Gasteiger partial charge in [0.05, 0.1) is 13.0 Å². The van der Waals surface area contributed by atoms with Crippen LogP contribution in [0.25, 0.3) is 0 Å². The molecule has 0 radical (unpaired) electrons. The number of fused-ring (bicyclic) bond motifs is 7. The lowest BCUT2D eigenvalue weighted by Gasteiger charge is -2.60. The molecule has 7 atom stereocenters. The summed E-state index contributed by atoms with van der Waals surface area (Å²) < 4.78 is 7.67. The Morgan fingerprint density at radius 3 is 2.73 bits per heavy atom. The molecule has 4 unspecified atom stereocenters. The Morgan fingerprint density at radius 2 is 1.92 bits per heavy atom. The first-order valence-electron chi connectivity index (χ1n) is 10.6. The summed E-state index contributed by atoms with van der Waals surface area (Å²) in [6.07, 6.45) is 13.9. The van der Waals surface area contributed by atoms with Crippen LogP contribution in [0.4, 0.5) is 0 Å². The third kappa shape index (κ3) is 2.02. The molecule has 3 saturated carbocycles. The number of aryl methyl sites for hydroxylation is 1. The predicted octanol–water partition coefficient (Wildman–Crippen LogP) is 4.40. The maximum Gasteiger partial charge on any atom is 0.309 e. The number of hydrogen-bond donors (Lipinski definition) is 0. The average Bonchev–Trinajstić information content (AvgIpc) is 3.24. The van der Waals surface area contributed by atoms with Crippen LogP contribution in [-0.2, 0) is 16.0 Å². The lowest BCUT2D eigenvalue weighted by molar-refractivity contribution is -0.154. The van der Waals surface area contributed by atoms with E-state index in [1.807, 2.05) is 6.20 Å². The molecule has 1 aliphatic heterocycles. The van der Waals surface area contributed by atoms with E-state index < -0.39 is 0 Å². The van der Waals surface area contributed by atoms with Crippen molar-refractivity contribution in [1.82, 2.24) is 9.55 Å². The average molecular weight is 357 g/mol. The van der Waals surface area contributed by atoms with Crippen LogP contribution in [0.5, 0.6) is 0 Å². The van der Waals surface area contributed by atoms with E-state index in [9.17, 15) is 4.79 Å². The second-order valence-corrected chi connectivity index (χ2v) is 9.92. The first-order chi connectivity index (χ1) is 12.5. The molecule has 3 aliphatic carbocycles. The van der Waals surface area contributed by atoms with Gasteiger partial charge in [-0.15, -0.1) is 0 Å². The Bertz CT molecular complexity index is 727. The van der Waals surface area contributed by atoms with Crippen molar-refractivity contribution in [3.63, 3.8) is 0 Å². The van der Waals surface area contributed by atoms with Crippen LogP contribution in [0.15, 0.2) is 12.4 Å². The molecule has 0 bridgehead atoms. The van der Waals surface area contributed by atoms with Crippen molar-refractivity contribution >= 4 is 5.97 Å². The van der Waals surface area contributed by atoms with Crippen molar-refractivity contribution in [2.24, 2.45) is 34.5 Å². The first-order valence-corrected chi connectivity index (χ1v) is 10.6. The molecule has 0 amide bonds. The van der Waals surface area contributed by atoms with Gasteiger partial charge < -0.3 is 9.30 Å². The minimum absolute atomic E-state index is 0.0362. The summed E-state index contributed by atoms with van der Waals surface area (Å²) in [7, 11) is 1.56. The van der Waals surface area contributed by atoms with Crippen LogP contribution in [0.2, 0.25) is 0 Å². The Hall–Kier alpha value is -1.32. The van der Waals surface area contributed by atoms with Gasteiger partial charge in [0.15, 0.2) is 0 Å². The standard InChI is InChI=1S/C22H32N2O2/c1-21-10-8-16-14(15(21)5-6-17(21)20(25)26-3)4-7-18-22(16,2)11-9-19-23-12-13-24(18)19/h12-18H,4-11H2,1-3H3/t14?,15?,16?,17-,18?,21+,22-/m1/s1. The Labute approximate surface area is 156 Å². The van der Waals surface area contributed by atoms with Crippen LogP contribution in [-0.4, -0.2) is 22.6 Å². The number of esters is 1. The summed E-state index contributed by atoms with van der Waals surface area (Å²) in [6.45, 7) is 4.96. The van der Waals surface area contributed by atoms with E-state index in [2.05, 4.69) is 29.6 Å². The molecule has 0 saturated heterocycles.